The zero-order valence-electron chi connectivity index (χ0n) is 11.4. The number of hydrogen-bond donors (Lipinski definition) is 1. The first kappa shape index (κ1) is 15.1. The lowest BCUT2D eigenvalue weighted by Crippen LogP contribution is -2.35. The van der Waals surface area contributed by atoms with Gasteiger partial charge in [-0.25, -0.2) is 4.79 Å². The predicted octanol–water partition coefficient (Wildman–Crippen LogP) is 2.60. The van der Waals surface area contributed by atoms with Crippen LogP contribution in [0.1, 0.15) is 18.2 Å². The van der Waals surface area contributed by atoms with Crippen LogP contribution in [0.15, 0.2) is 45.7 Å². The summed E-state index contributed by atoms with van der Waals surface area (Å²) in [5, 5.41) is 6.45. The van der Waals surface area contributed by atoms with E-state index in [1.54, 1.807) is 18.2 Å². The molecule has 110 valence electrons. The highest BCUT2D eigenvalue weighted by molar-refractivity contribution is 7.08. The molecule has 0 radical (unpaired) electrons. The normalized spacial score (nSPS) is 12.2. The molecule has 0 aliphatic heterocycles. The topological polar surface area (TPSA) is 68.5 Å². The van der Waals surface area contributed by atoms with E-state index in [1.807, 2.05) is 16.8 Å². The Kier molecular flexibility index (Phi) is 5.34. The predicted molar refractivity (Wildman–Crippen MR) is 79.5 cm³/mol. The summed E-state index contributed by atoms with van der Waals surface area (Å²) in [5.41, 5.74) is 0.923. The molecule has 0 unspecified atom stereocenters. The highest BCUT2D eigenvalue weighted by Gasteiger charge is 2.16. The van der Waals surface area contributed by atoms with Gasteiger partial charge >= 0.3 is 5.97 Å². The van der Waals surface area contributed by atoms with Crippen molar-refractivity contribution >= 4 is 29.3 Å². The van der Waals surface area contributed by atoms with Crippen LogP contribution in [0.4, 0.5) is 0 Å². The van der Waals surface area contributed by atoms with Gasteiger partial charge in [-0.3, -0.25) is 4.79 Å². The molecule has 1 amide bonds. The summed E-state index contributed by atoms with van der Waals surface area (Å²) in [5.74, 6) is -0.287. The molecule has 2 rings (SSSR count). The third-order valence-corrected chi connectivity index (χ3v) is 3.34. The fourth-order valence-electron chi connectivity index (χ4n) is 1.53. The van der Waals surface area contributed by atoms with Crippen molar-refractivity contribution < 1.29 is 18.7 Å². The van der Waals surface area contributed by atoms with E-state index < -0.39 is 12.1 Å². The maximum absolute atomic E-state index is 11.8. The fraction of sp³-hybridized carbons (Fsp3) is 0.200. The van der Waals surface area contributed by atoms with Gasteiger partial charge in [-0.15, -0.1) is 0 Å². The molecule has 0 fully saturated rings. The van der Waals surface area contributed by atoms with Crippen molar-refractivity contribution in [1.29, 1.82) is 0 Å². The van der Waals surface area contributed by atoms with Gasteiger partial charge in [0.25, 0.3) is 5.91 Å². The number of ether oxygens (including phenoxy) is 1. The number of carbonyl (C=O) groups excluding carboxylic acids is 2. The van der Waals surface area contributed by atoms with Crippen molar-refractivity contribution in [2.75, 3.05) is 0 Å². The van der Waals surface area contributed by atoms with E-state index in [9.17, 15) is 9.59 Å². The van der Waals surface area contributed by atoms with Crippen LogP contribution in [0.5, 0.6) is 0 Å². The van der Waals surface area contributed by atoms with Gasteiger partial charge in [-0.1, -0.05) is 0 Å². The minimum Gasteiger partial charge on any atom is -0.467 e. The van der Waals surface area contributed by atoms with E-state index in [4.69, 9.17) is 9.15 Å². The molecule has 2 heterocycles. The lowest BCUT2D eigenvalue weighted by molar-refractivity contribution is -0.150. The molecule has 2 aromatic rings. The van der Waals surface area contributed by atoms with Crippen molar-refractivity contribution in [3.63, 3.8) is 0 Å². The second kappa shape index (κ2) is 7.44. The van der Waals surface area contributed by atoms with Crippen molar-refractivity contribution in [3.8, 4) is 0 Å². The molecule has 0 aromatic carbocycles. The standard InChI is InChI=1S/C15H15NO4S/c1-11(15(18)16-9-13-3-2-7-19-13)20-14(17)5-4-12-6-8-21-10-12/h2-8,10-11H,9H2,1H3,(H,16,18)/b5-4+/t11-/m1/s1. The van der Waals surface area contributed by atoms with Crippen molar-refractivity contribution in [3.05, 3.63) is 52.6 Å². The van der Waals surface area contributed by atoms with Gasteiger partial charge in [0.05, 0.1) is 12.8 Å². The van der Waals surface area contributed by atoms with Gasteiger partial charge in [0, 0.05) is 6.08 Å². The lowest BCUT2D eigenvalue weighted by atomic mass is 10.3. The van der Waals surface area contributed by atoms with Crippen molar-refractivity contribution in [2.24, 2.45) is 0 Å². The molecular weight excluding hydrogens is 290 g/mol. The zero-order valence-corrected chi connectivity index (χ0v) is 12.3. The van der Waals surface area contributed by atoms with Gasteiger partial charge in [0.15, 0.2) is 6.10 Å². The minimum atomic E-state index is -0.861. The summed E-state index contributed by atoms with van der Waals surface area (Å²) in [4.78, 5) is 23.3. The number of thiophene rings is 1. The van der Waals surface area contributed by atoms with E-state index in [-0.39, 0.29) is 12.5 Å². The molecule has 0 spiro atoms. The number of hydrogen-bond acceptors (Lipinski definition) is 5. The number of nitrogens with one attached hydrogen (secondary N) is 1. The Bertz CT molecular complexity index is 602. The van der Waals surface area contributed by atoms with Crippen LogP contribution in [0.3, 0.4) is 0 Å². The smallest absolute Gasteiger partial charge is 0.331 e. The number of amides is 1. The lowest BCUT2D eigenvalue weighted by Gasteiger charge is -2.11. The van der Waals surface area contributed by atoms with Crippen LogP contribution in [-0.4, -0.2) is 18.0 Å². The van der Waals surface area contributed by atoms with Gasteiger partial charge < -0.3 is 14.5 Å². The Morgan fingerprint density at radius 3 is 3.00 bits per heavy atom. The summed E-state index contributed by atoms with van der Waals surface area (Å²) in [6.45, 7) is 1.78. The van der Waals surface area contributed by atoms with E-state index in [0.29, 0.717) is 5.76 Å². The largest absolute Gasteiger partial charge is 0.467 e. The van der Waals surface area contributed by atoms with Gasteiger partial charge in [0.1, 0.15) is 5.76 Å². The van der Waals surface area contributed by atoms with Crippen LogP contribution < -0.4 is 5.32 Å². The molecule has 1 atom stereocenters. The Balaban J connectivity index is 1.76. The Morgan fingerprint density at radius 1 is 1.48 bits per heavy atom. The first-order valence-corrected chi connectivity index (χ1v) is 7.30. The number of furan rings is 1. The number of carbonyl (C=O) groups is 2. The maximum Gasteiger partial charge on any atom is 0.331 e. The molecule has 21 heavy (non-hydrogen) atoms. The van der Waals surface area contributed by atoms with Crippen LogP contribution in [-0.2, 0) is 20.9 Å². The van der Waals surface area contributed by atoms with E-state index in [2.05, 4.69) is 5.32 Å². The van der Waals surface area contributed by atoms with E-state index in [0.717, 1.165) is 5.56 Å². The average molecular weight is 305 g/mol. The Hall–Kier alpha value is -2.34. The van der Waals surface area contributed by atoms with Crippen LogP contribution in [0, 0.1) is 0 Å². The van der Waals surface area contributed by atoms with Gasteiger partial charge in [-0.2, -0.15) is 11.3 Å². The monoisotopic (exact) mass is 305 g/mol. The summed E-state index contributed by atoms with van der Waals surface area (Å²) >= 11 is 1.54. The molecule has 0 saturated heterocycles. The molecule has 1 N–H and O–H groups in total. The fourth-order valence-corrected chi connectivity index (χ4v) is 2.16. The second-order valence-electron chi connectivity index (χ2n) is 4.27. The quantitative estimate of drug-likeness (QED) is 0.658. The third-order valence-electron chi connectivity index (χ3n) is 2.63. The third kappa shape index (κ3) is 4.92. The van der Waals surface area contributed by atoms with Crippen LogP contribution in [0.25, 0.3) is 6.08 Å². The minimum absolute atomic E-state index is 0.262. The molecular formula is C15H15NO4S. The summed E-state index contributed by atoms with van der Waals surface area (Å²) < 4.78 is 10.1. The number of esters is 1. The molecule has 5 nitrogen and oxygen atoms in total. The molecule has 2 aromatic heterocycles. The maximum atomic E-state index is 11.8. The molecule has 0 aliphatic rings. The average Bonchev–Trinajstić information content (AvgIpc) is 3.15. The first-order chi connectivity index (χ1) is 10.1. The van der Waals surface area contributed by atoms with Crippen molar-refractivity contribution in [2.45, 2.75) is 19.6 Å². The molecule has 0 bridgehead atoms. The van der Waals surface area contributed by atoms with Crippen LogP contribution >= 0.6 is 11.3 Å². The Morgan fingerprint density at radius 2 is 2.33 bits per heavy atom. The SMILES string of the molecule is C[C@@H](OC(=O)/C=C/c1ccsc1)C(=O)NCc1ccco1. The van der Waals surface area contributed by atoms with E-state index in [1.165, 1.54) is 30.6 Å². The first-order valence-electron chi connectivity index (χ1n) is 6.36. The molecule has 0 saturated carbocycles. The highest BCUT2D eigenvalue weighted by Crippen LogP contribution is 2.08. The molecule has 6 heteroatoms. The highest BCUT2D eigenvalue weighted by atomic mass is 32.1. The molecule has 0 aliphatic carbocycles. The Labute approximate surface area is 126 Å². The summed E-state index contributed by atoms with van der Waals surface area (Å²) in [6, 6.07) is 5.37. The summed E-state index contributed by atoms with van der Waals surface area (Å²) in [7, 11) is 0. The number of rotatable bonds is 6. The second-order valence-corrected chi connectivity index (χ2v) is 5.05. The van der Waals surface area contributed by atoms with Gasteiger partial charge in [0.2, 0.25) is 0 Å². The van der Waals surface area contributed by atoms with Gasteiger partial charge in [-0.05, 0) is 47.5 Å². The zero-order chi connectivity index (χ0) is 15.1. The van der Waals surface area contributed by atoms with Crippen LogP contribution in [0.2, 0.25) is 0 Å². The van der Waals surface area contributed by atoms with E-state index >= 15 is 0 Å². The summed E-state index contributed by atoms with van der Waals surface area (Å²) in [6.07, 6.45) is 3.62. The van der Waals surface area contributed by atoms with Crippen molar-refractivity contribution in [1.82, 2.24) is 5.32 Å².